The van der Waals surface area contributed by atoms with Crippen molar-refractivity contribution in [1.29, 1.82) is 0 Å². The summed E-state index contributed by atoms with van der Waals surface area (Å²) in [4.78, 5) is 4.61. The van der Waals surface area contributed by atoms with Gasteiger partial charge in [-0.15, -0.1) is 11.5 Å². The lowest BCUT2D eigenvalue weighted by molar-refractivity contribution is 0.838. The molecule has 0 spiro atoms. The summed E-state index contributed by atoms with van der Waals surface area (Å²) < 4.78 is 0. The molecule has 0 N–H and O–H groups in total. The molecule has 0 saturated heterocycles. The second-order valence-electron chi connectivity index (χ2n) is 7.82. The number of pyridine rings is 1. The Kier molecular flexibility index (Phi) is 5.88. The van der Waals surface area contributed by atoms with Gasteiger partial charge >= 0.3 is 0 Å². The van der Waals surface area contributed by atoms with E-state index in [-0.39, 0.29) is 0 Å². The van der Waals surface area contributed by atoms with Crippen molar-refractivity contribution in [3.63, 3.8) is 0 Å². The fraction of sp³-hybridized carbons (Fsp3) is 0.500. The van der Waals surface area contributed by atoms with Crippen molar-refractivity contribution < 1.29 is 0 Å². The SMILES string of the molecule is Cc1ccc(CC#C[Si](C(C)C)(C(C)C)C(C)C)c2ncccc12. The molecular weight excluding hydrogens is 306 g/mol. The highest BCUT2D eigenvalue weighted by molar-refractivity contribution is 6.90. The van der Waals surface area contributed by atoms with Gasteiger partial charge in [0.15, 0.2) is 0 Å². The Morgan fingerprint density at radius 3 is 2.17 bits per heavy atom. The molecule has 2 heteroatoms. The van der Waals surface area contributed by atoms with Gasteiger partial charge in [0.2, 0.25) is 0 Å². The molecule has 1 nitrogen and oxygen atoms in total. The highest BCUT2D eigenvalue weighted by Crippen LogP contribution is 2.40. The van der Waals surface area contributed by atoms with Crippen LogP contribution in [0, 0.1) is 18.4 Å². The first kappa shape index (κ1) is 18.7. The van der Waals surface area contributed by atoms with E-state index in [0.717, 1.165) is 11.9 Å². The van der Waals surface area contributed by atoms with E-state index in [1.54, 1.807) is 0 Å². The van der Waals surface area contributed by atoms with E-state index in [1.165, 1.54) is 16.5 Å². The van der Waals surface area contributed by atoms with E-state index in [9.17, 15) is 0 Å². The van der Waals surface area contributed by atoms with Crippen molar-refractivity contribution in [2.24, 2.45) is 0 Å². The average Bonchev–Trinajstić information content (AvgIpc) is 2.52. The Hall–Kier alpha value is -1.59. The predicted octanol–water partition coefficient (Wildman–Crippen LogP) is 6.31. The van der Waals surface area contributed by atoms with Gasteiger partial charge in [0.1, 0.15) is 8.07 Å². The zero-order valence-electron chi connectivity index (χ0n) is 16.3. The first-order chi connectivity index (χ1) is 11.3. The number of aromatic nitrogens is 1. The van der Waals surface area contributed by atoms with Crippen LogP contribution in [0.2, 0.25) is 16.6 Å². The molecule has 0 radical (unpaired) electrons. The minimum atomic E-state index is -1.64. The van der Waals surface area contributed by atoms with Crippen molar-refractivity contribution in [1.82, 2.24) is 4.98 Å². The van der Waals surface area contributed by atoms with Crippen LogP contribution in [-0.4, -0.2) is 13.1 Å². The number of hydrogen-bond donors (Lipinski definition) is 0. The van der Waals surface area contributed by atoms with E-state index in [1.807, 2.05) is 12.3 Å². The lowest BCUT2D eigenvalue weighted by Gasteiger charge is -2.38. The maximum absolute atomic E-state index is 4.61. The van der Waals surface area contributed by atoms with Gasteiger partial charge in [-0.05, 0) is 40.7 Å². The van der Waals surface area contributed by atoms with Crippen LogP contribution >= 0.6 is 0 Å². The molecule has 0 bridgehead atoms. The molecular formula is C22H31NSi. The number of aryl methyl sites for hydroxylation is 1. The molecule has 1 heterocycles. The molecule has 0 amide bonds. The number of fused-ring (bicyclic) bond motifs is 1. The number of benzene rings is 1. The molecule has 128 valence electrons. The Labute approximate surface area is 148 Å². The zero-order valence-corrected chi connectivity index (χ0v) is 17.3. The predicted molar refractivity (Wildman–Crippen MR) is 109 cm³/mol. The maximum atomic E-state index is 4.61. The fourth-order valence-electron chi connectivity index (χ4n) is 4.24. The Morgan fingerprint density at radius 2 is 1.58 bits per heavy atom. The molecule has 0 fully saturated rings. The summed E-state index contributed by atoms with van der Waals surface area (Å²) >= 11 is 0. The molecule has 0 aliphatic carbocycles. The topological polar surface area (TPSA) is 12.9 Å². The van der Waals surface area contributed by atoms with Crippen molar-refractivity contribution >= 4 is 19.0 Å². The number of rotatable bonds is 4. The largest absolute Gasteiger partial charge is 0.256 e. The van der Waals surface area contributed by atoms with E-state index in [2.05, 4.69) is 83.1 Å². The average molecular weight is 338 g/mol. The van der Waals surface area contributed by atoms with Gasteiger partial charge in [-0.2, -0.15) is 0 Å². The second-order valence-corrected chi connectivity index (χ2v) is 13.4. The Morgan fingerprint density at radius 1 is 0.958 bits per heavy atom. The Bertz CT molecular complexity index is 741. The van der Waals surface area contributed by atoms with Crippen LogP contribution in [0.5, 0.6) is 0 Å². The van der Waals surface area contributed by atoms with Crippen LogP contribution in [0.25, 0.3) is 10.9 Å². The summed E-state index contributed by atoms with van der Waals surface area (Å²) in [7, 11) is -1.64. The monoisotopic (exact) mass is 337 g/mol. The highest BCUT2D eigenvalue weighted by Gasteiger charge is 2.41. The van der Waals surface area contributed by atoms with E-state index < -0.39 is 8.07 Å². The third-order valence-electron chi connectivity index (χ3n) is 5.52. The first-order valence-electron chi connectivity index (χ1n) is 9.14. The summed E-state index contributed by atoms with van der Waals surface area (Å²) in [6, 6.07) is 8.56. The minimum Gasteiger partial charge on any atom is -0.256 e. The number of hydrogen-bond acceptors (Lipinski definition) is 1. The second kappa shape index (κ2) is 7.53. The van der Waals surface area contributed by atoms with Crippen molar-refractivity contribution in [3.05, 3.63) is 41.6 Å². The van der Waals surface area contributed by atoms with Crippen molar-refractivity contribution in [2.75, 3.05) is 0 Å². The van der Waals surface area contributed by atoms with Gasteiger partial charge in [0.05, 0.1) is 5.52 Å². The molecule has 1 aromatic heterocycles. The third-order valence-corrected chi connectivity index (χ3v) is 11.9. The summed E-state index contributed by atoms with van der Waals surface area (Å²) in [6.07, 6.45) is 2.68. The Balaban J connectivity index is 2.41. The van der Waals surface area contributed by atoms with Crippen LogP contribution in [0.1, 0.15) is 52.7 Å². The van der Waals surface area contributed by atoms with Gasteiger partial charge in [-0.1, -0.05) is 59.7 Å². The molecule has 0 aliphatic heterocycles. The van der Waals surface area contributed by atoms with Crippen LogP contribution in [0.3, 0.4) is 0 Å². The molecule has 0 atom stereocenters. The quantitative estimate of drug-likeness (QED) is 0.471. The van der Waals surface area contributed by atoms with Gasteiger partial charge in [-0.3, -0.25) is 4.98 Å². The first-order valence-corrected chi connectivity index (χ1v) is 11.4. The van der Waals surface area contributed by atoms with E-state index >= 15 is 0 Å². The lowest BCUT2D eigenvalue weighted by atomic mass is 10.0. The van der Waals surface area contributed by atoms with Gasteiger partial charge < -0.3 is 0 Å². The fourth-order valence-corrected chi connectivity index (χ4v) is 9.50. The molecule has 1 aromatic carbocycles. The lowest BCUT2D eigenvalue weighted by Crippen LogP contribution is -2.43. The van der Waals surface area contributed by atoms with Crippen LogP contribution in [0.15, 0.2) is 30.5 Å². The standard InChI is InChI=1S/C22H31NSi/c1-16(2)24(17(3)4,18(5)6)15-9-10-20-13-12-19(7)21-11-8-14-23-22(20)21/h8,11-14,16-18H,10H2,1-7H3. The summed E-state index contributed by atoms with van der Waals surface area (Å²) in [5.41, 5.74) is 9.50. The van der Waals surface area contributed by atoms with Crippen LogP contribution < -0.4 is 0 Å². The van der Waals surface area contributed by atoms with Crippen LogP contribution in [0.4, 0.5) is 0 Å². The smallest absolute Gasteiger partial charge is 0.145 e. The minimum absolute atomic E-state index is 0.679. The van der Waals surface area contributed by atoms with Gasteiger partial charge in [0, 0.05) is 18.0 Å². The molecule has 2 aromatic rings. The van der Waals surface area contributed by atoms with Crippen LogP contribution in [-0.2, 0) is 6.42 Å². The van der Waals surface area contributed by atoms with Gasteiger partial charge in [0.25, 0.3) is 0 Å². The third kappa shape index (κ3) is 3.42. The van der Waals surface area contributed by atoms with Gasteiger partial charge in [-0.25, -0.2) is 0 Å². The maximum Gasteiger partial charge on any atom is 0.145 e. The zero-order chi connectivity index (χ0) is 17.9. The molecule has 2 rings (SSSR count). The molecule has 0 unspecified atom stereocenters. The van der Waals surface area contributed by atoms with Crippen molar-refractivity contribution in [2.45, 2.75) is 71.5 Å². The van der Waals surface area contributed by atoms with E-state index in [4.69, 9.17) is 0 Å². The summed E-state index contributed by atoms with van der Waals surface area (Å²) in [5, 5.41) is 1.25. The molecule has 0 saturated carbocycles. The molecule has 24 heavy (non-hydrogen) atoms. The molecule has 0 aliphatic rings. The summed E-state index contributed by atoms with van der Waals surface area (Å²) in [5.74, 6) is 3.57. The number of nitrogens with zero attached hydrogens (tertiary/aromatic N) is 1. The summed E-state index contributed by atoms with van der Waals surface area (Å²) in [6.45, 7) is 16.3. The van der Waals surface area contributed by atoms with Crippen molar-refractivity contribution in [3.8, 4) is 11.5 Å². The normalized spacial score (nSPS) is 12.1. The highest BCUT2D eigenvalue weighted by atomic mass is 28.3. The van der Waals surface area contributed by atoms with E-state index in [0.29, 0.717) is 16.6 Å².